The number of aryl methyl sites for hydroxylation is 1. The van der Waals surface area contributed by atoms with Gasteiger partial charge in [0.25, 0.3) is 10.0 Å². The van der Waals surface area contributed by atoms with Gasteiger partial charge in [0.2, 0.25) is 0 Å². The smallest absolute Gasteiger partial charge is 0.320 e. The summed E-state index contributed by atoms with van der Waals surface area (Å²) in [4.78, 5) is 24.2. The molecular weight excluding hydrogens is 442 g/mol. The number of hydrogen-bond donors (Lipinski definition) is 4. The molecule has 0 saturated heterocycles. The number of nitrogens with one attached hydrogen (secondary N) is 2. The molecule has 1 aliphatic rings. The summed E-state index contributed by atoms with van der Waals surface area (Å²) in [6, 6.07) is 6.63. The van der Waals surface area contributed by atoms with Crippen LogP contribution in [-0.2, 0) is 19.6 Å². The van der Waals surface area contributed by atoms with Gasteiger partial charge in [0.05, 0.1) is 10.9 Å². The maximum absolute atomic E-state index is 12.6. The molecule has 11 heteroatoms. The van der Waals surface area contributed by atoms with Gasteiger partial charge in [-0.3, -0.25) is 14.3 Å². The molecule has 1 aromatic carbocycles. The zero-order valence-electron chi connectivity index (χ0n) is 16.9. The Morgan fingerprint density at radius 2 is 1.71 bits per heavy atom. The van der Waals surface area contributed by atoms with E-state index in [9.17, 15) is 28.2 Å². The van der Waals surface area contributed by atoms with Gasteiger partial charge in [-0.05, 0) is 67.5 Å². The van der Waals surface area contributed by atoms with Crippen molar-refractivity contribution < 1.29 is 28.2 Å². The monoisotopic (exact) mass is 467 g/mol. The molecule has 1 unspecified atom stereocenters. The third-order valence-electron chi connectivity index (χ3n) is 5.41. The Morgan fingerprint density at radius 3 is 2.23 bits per heavy atom. The quantitative estimate of drug-likeness (QED) is 0.411. The summed E-state index contributed by atoms with van der Waals surface area (Å²) in [6.07, 6.45) is 4.39. The molecule has 1 atom stereocenters. The molecule has 1 aromatic heterocycles. The molecule has 0 amide bonds. The number of carbonyl (C=O) groups is 2. The van der Waals surface area contributed by atoms with Crippen molar-refractivity contribution in [1.29, 1.82) is 0 Å². The topological polar surface area (TPSA) is 146 Å². The first-order valence-electron chi connectivity index (χ1n) is 9.96. The highest BCUT2D eigenvalue weighted by atomic mass is 32.2. The first-order chi connectivity index (χ1) is 14.7. The van der Waals surface area contributed by atoms with Crippen molar-refractivity contribution in [2.24, 2.45) is 11.8 Å². The number of rotatable bonds is 9. The second kappa shape index (κ2) is 9.65. The van der Waals surface area contributed by atoms with Gasteiger partial charge in [-0.25, -0.2) is 8.42 Å². The Balaban J connectivity index is 1.80. The Labute approximate surface area is 184 Å². The van der Waals surface area contributed by atoms with E-state index in [0.29, 0.717) is 5.69 Å². The number of aliphatic carboxylic acids is 2. The molecule has 1 aliphatic carbocycles. The molecule has 2 aromatic rings. The molecule has 0 aliphatic heterocycles. The summed E-state index contributed by atoms with van der Waals surface area (Å²) in [6.45, 7) is 1.82. The molecule has 0 radical (unpaired) electrons. The van der Waals surface area contributed by atoms with Crippen LogP contribution < -0.4 is 10.0 Å². The SMILES string of the molecule is Cc1cc(NS(=O)(=O)c2ccc(NC(C3CCCCC3)C(C(=O)O)C(=O)O)cc2)ns1. The summed E-state index contributed by atoms with van der Waals surface area (Å²) >= 11 is 1.19. The van der Waals surface area contributed by atoms with Crippen LogP contribution in [0, 0.1) is 18.8 Å². The number of aromatic nitrogens is 1. The highest BCUT2D eigenvalue weighted by Gasteiger charge is 2.40. The van der Waals surface area contributed by atoms with Gasteiger partial charge < -0.3 is 15.5 Å². The summed E-state index contributed by atoms with van der Waals surface area (Å²) in [5, 5.41) is 22.1. The van der Waals surface area contributed by atoms with Gasteiger partial charge in [0.15, 0.2) is 11.7 Å². The summed E-state index contributed by atoms with van der Waals surface area (Å²) in [5.41, 5.74) is 0.464. The number of sulfonamides is 1. The third-order valence-corrected chi connectivity index (χ3v) is 7.48. The number of carboxylic acid groups (broad SMARTS) is 2. The minimum Gasteiger partial charge on any atom is -0.481 e. The zero-order valence-corrected chi connectivity index (χ0v) is 18.6. The summed E-state index contributed by atoms with van der Waals surface area (Å²) in [5.74, 6) is -4.23. The second-order valence-electron chi connectivity index (χ2n) is 7.68. The van der Waals surface area contributed by atoms with E-state index in [4.69, 9.17) is 0 Å². The van der Waals surface area contributed by atoms with Crippen molar-refractivity contribution in [2.75, 3.05) is 10.0 Å². The van der Waals surface area contributed by atoms with Gasteiger partial charge in [0, 0.05) is 10.6 Å². The summed E-state index contributed by atoms with van der Waals surface area (Å²) < 4.78 is 31.5. The van der Waals surface area contributed by atoms with E-state index in [-0.39, 0.29) is 16.6 Å². The van der Waals surface area contributed by atoms with E-state index >= 15 is 0 Å². The van der Waals surface area contributed by atoms with E-state index < -0.39 is 33.9 Å². The lowest BCUT2D eigenvalue weighted by atomic mass is 9.78. The van der Waals surface area contributed by atoms with Gasteiger partial charge >= 0.3 is 11.9 Å². The molecule has 168 valence electrons. The van der Waals surface area contributed by atoms with Crippen molar-refractivity contribution in [3.8, 4) is 0 Å². The van der Waals surface area contributed by atoms with Crippen molar-refractivity contribution in [2.45, 2.75) is 50.0 Å². The average molecular weight is 468 g/mol. The minimum atomic E-state index is -3.83. The normalized spacial score (nSPS) is 16.1. The van der Waals surface area contributed by atoms with Crippen molar-refractivity contribution in [1.82, 2.24) is 4.37 Å². The predicted octanol–water partition coefficient (Wildman–Crippen LogP) is 3.40. The number of carboxylic acids is 2. The van der Waals surface area contributed by atoms with Gasteiger partial charge in [-0.1, -0.05) is 19.3 Å². The fraction of sp³-hybridized carbons (Fsp3) is 0.450. The number of benzene rings is 1. The van der Waals surface area contributed by atoms with Crippen molar-refractivity contribution >= 4 is 45.0 Å². The molecule has 3 rings (SSSR count). The van der Waals surface area contributed by atoms with Crippen molar-refractivity contribution in [3.05, 3.63) is 35.2 Å². The maximum Gasteiger partial charge on any atom is 0.320 e. The molecular formula is C20H25N3O6S2. The lowest BCUT2D eigenvalue weighted by Crippen LogP contribution is -2.45. The molecule has 31 heavy (non-hydrogen) atoms. The van der Waals surface area contributed by atoms with E-state index in [2.05, 4.69) is 14.4 Å². The Kier molecular flexibility index (Phi) is 7.16. The Bertz CT molecular complexity index is 1020. The first kappa shape index (κ1) is 23.0. The van der Waals surface area contributed by atoms with Crippen LogP contribution in [0.2, 0.25) is 0 Å². The molecule has 0 spiro atoms. The summed E-state index contributed by atoms with van der Waals surface area (Å²) in [7, 11) is -3.83. The molecule has 1 heterocycles. The first-order valence-corrected chi connectivity index (χ1v) is 12.2. The number of anilines is 2. The third kappa shape index (κ3) is 5.73. The van der Waals surface area contributed by atoms with Gasteiger partial charge in [-0.2, -0.15) is 4.37 Å². The second-order valence-corrected chi connectivity index (χ2v) is 10.4. The van der Waals surface area contributed by atoms with Crippen LogP contribution in [0.4, 0.5) is 11.5 Å². The van der Waals surface area contributed by atoms with Crippen LogP contribution in [0.3, 0.4) is 0 Å². The van der Waals surface area contributed by atoms with Crippen LogP contribution >= 0.6 is 11.5 Å². The van der Waals surface area contributed by atoms with Gasteiger partial charge in [0.1, 0.15) is 0 Å². The van der Waals surface area contributed by atoms with Crippen LogP contribution in [0.1, 0.15) is 37.0 Å². The molecule has 0 bridgehead atoms. The maximum atomic E-state index is 12.6. The lowest BCUT2D eigenvalue weighted by molar-refractivity contribution is -0.156. The van der Waals surface area contributed by atoms with Crippen LogP contribution in [0.15, 0.2) is 35.2 Å². The highest BCUT2D eigenvalue weighted by molar-refractivity contribution is 7.92. The van der Waals surface area contributed by atoms with E-state index in [0.717, 1.165) is 37.0 Å². The fourth-order valence-corrected chi connectivity index (χ4v) is 5.47. The minimum absolute atomic E-state index is 0.0194. The zero-order chi connectivity index (χ0) is 22.6. The Hall–Kier alpha value is -2.66. The fourth-order valence-electron chi connectivity index (χ4n) is 3.91. The predicted molar refractivity (Wildman–Crippen MR) is 117 cm³/mol. The average Bonchev–Trinajstić information content (AvgIpc) is 3.12. The van der Waals surface area contributed by atoms with E-state index in [1.807, 2.05) is 6.92 Å². The molecule has 9 nitrogen and oxygen atoms in total. The van der Waals surface area contributed by atoms with Gasteiger partial charge in [-0.15, -0.1) is 0 Å². The largest absolute Gasteiger partial charge is 0.481 e. The van der Waals surface area contributed by atoms with Crippen LogP contribution in [0.5, 0.6) is 0 Å². The molecule has 4 N–H and O–H groups in total. The van der Waals surface area contributed by atoms with E-state index in [1.165, 1.54) is 35.8 Å². The number of hydrogen-bond acceptors (Lipinski definition) is 7. The van der Waals surface area contributed by atoms with Crippen molar-refractivity contribution in [3.63, 3.8) is 0 Å². The number of nitrogens with zero attached hydrogens (tertiary/aromatic N) is 1. The highest BCUT2D eigenvalue weighted by Crippen LogP contribution is 2.32. The van der Waals surface area contributed by atoms with Crippen LogP contribution in [0.25, 0.3) is 0 Å². The standard InChI is InChI=1S/C20H25N3O6S2/c1-12-11-16(22-30-12)23-31(28,29)15-9-7-14(8-10-15)21-18(13-5-3-2-4-6-13)17(19(24)25)20(26)27/h7-11,13,17-18,21H,2-6H2,1H3,(H,22,23)(H,24,25)(H,26,27). The van der Waals surface area contributed by atoms with E-state index in [1.54, 1.807) is 6.07 Å². The molecule has 1 fully saturated rings. The molecule has 1 saturated carbocycles. The van der Waals surface area contributed by atoms with Crippen LogP contribution in [-0.4, -0.2) is 41.0 Å². The lowest BCUT2D eigenvalue weighted by Gasteiger charge is -2.33. The Morgan fingerprint density at radius 1 is 1.10 bits per heavy atom.